The zero-order valence-electron chi connectivity index (χ0n) is 17.5. The molecule has 3 rings (SSSR count). The maximum atomic E-state index is 12.5. The number of methoxy groups -OCH3 is 2. The van der Waals surface area contributed by atoms with E-state index < -0.39 is 0 Å². The van der Waals surface area contributed by atoms with Crippen molar-refractivity contribution in [3.8, 4) is 22.9 Å². The summed E-state index contributed by atoms with van der Waals surface area (Å²) >= 11 is 1.34. The summed E-state index contributed by atoms with van der Waals surface area (Å²) in [5, 5.41) is 12.2. The van der Waals surface area contributed by atoms with Gasteiger partial charge >= 0.3 is 0 Å². The van der Waals surface area contributed by atoms with Gasteiger partial charge in [-0.3, -0.25) is 9.78 Å². The van der Waals surface area contributed by atoms with Crippen molar-refractivity contribution in [2.24, 2.45) is 5.92 Å². The average molecular weight is 428 g/mol. The lowest BCUT2D eigenvalue weighted by molar-refractivity contribution is -0.113. The van der Waals surface area contributed by atoms with Crippen molar-refractivity contribution in [1.82, 2.24) is 19.7 Å². The molecule has 0 aliphatic heterocycles. The van der Waals surface area contributed by atoms with Crippen molar-refractivity contribution in [2.45, 2.75) is 25.5 Å². The minimum atomic E-state index is -0.162. The molecule has 30 heavy (non-hydrogen) atoms. The number of nitrogens with zero attached hydrogens (tertiary/aromatic N) is 4. The number of aromatic nitrogens is 4. The molecule has 0 spiro atoms. The number of ether oxygens (including phenoxy) is 2. The molecule has 0 aliphatic carbocycles. The minimum Gasteiger partial charge on any atom is -0.497 e. The third kappa shape index (κ3) is 5.29. The zero-order valence-corrected chi connectivity index (χ0v) is 18.3. The molecule has 0 atom stereocenters. The van der Waals surface area contributed by atoms with Gasteiger partial charge in [-0.2, -0.15) is 0 Å². The van der Waals surface area contributed by atoms with Crippen LogP contribution in [0.15, 0.2) is 47.9 Å². The highest BCUT2D eigenvalue weighted by Crippen LogP contribution is 2.30. The maximum absolute atomic E-state index is 12.5. The lowest BCUT2D eigenvalue weighted by Crippen LogP contribution is -2.16. The number of hydrogen-bond acceptors (Lipinski definition) is 7. The number of carbonyl (C=O) groups excluding carboxylic acids is 1. The van der Waals surface area contributed by atoms with Gasteiger partial charge in [0.1, 0.15) is 11.5 Å². The first-order valence-corrected chi connectivity index (χ1v) is 10.5. The van der Waals surface area contributed by atoms with Crippen molar-refractivity contribution in [3.63, 3.8) is 0 Å². The number of amides is 1. The molecular weight excluding hydrogens is 402 g/mol. The monoisotopic (exact) mass is 427 g/mol. The number of benzene rings is 1. The van der Waals surface area contributed by atoms with Crippen LogP contribution in [0.25, 0.3) is 11.4 Å². The molecule has 0 saturated heterocycles. The molecule has 0 saturated carbocycles. The predicted octanol–water partition coefficient (Wildman–Crippen LogP) is 3.74. The molecule has 1 amide bonds. The number of anilines is 1. The van der Waals surface area contributed by atoms with E-state index in [2.05, 4.69) is 34.3 Å². The smallest absolute Gasteiger partial charge is 0.234 e. The standard InChI is InChI=1S/C21H25N5O3S/c1-14(2)12-26-20(15-6-5-9-22-11-15)24-25-21(26)30-13-19(27)23-17-8-7-16(28-3)10-18(17)29-4/h5-11,14H,12-13H2,1-4H3,(H,23,27). The lowest BCUT2D eigenvalue weighted by Gasteiger charge is -2.13. The Kier molecular flexibility index (Phi) is 7.29. The summed E-state index contributed by atoms with van der Waals surface area (Å²) in [6, 6.07) is 9.06. The number of hydrogen-bond donors (Lipinski definition) is 1. The average Bonchev–Trinajstić information content (AvgIpc) is 3.15. The van der Waals surface area contributed by atoms with Gasteiger partial charge < -0.3 is 19.4 Å². The summed E-state index contributed by atoms with van der Waals surface area (Å²) in [5.74, 6) is 2.37. The molecule has 1 aromatic carbocycles. The van der Waals surface area contributed by atoms with E-state index in [1.807, 2.05) is 16.7 Å². The van der Waals surface area contributed by atoms with Crippen LogP contribution < -0.4 is 14.8 Å². The second-order valence-corrected chi connectivity index (χ2v) is 7.90. The first-order chi connectivity index (χ1) is 14.5. The first-order valence-electron chi connectivity index (χ1n) is 9.50. The molecule has 0 aliphatic rings. The molecule has 0 radical (unpaired) electrons. The topological polar surface area (TPSA) is 91.2 Å². The summed E-state index contributed by atoms with van der Waals surface area (Å²) in [7, 11) is 3.13. The van der Waals surface area contributed by atoms with Crippen LogP contribution >= 0.6 is 11.8 Å². The SMILES string of the molecule is COc1ccc(NC(=O)CSc2nnc(-c3cccnc3)n2CC(C)C)c(OC)c1. The molecular formula is C21H25N5O3S. The second-order valence-electron chi connectivity index (χ2n) is 6.96. The van der Waals surface area contributed by atoms with E-state index in [0.29, 0.717) is 28.3 Å². The summed E-state index contributed by atoms with van der Waals surface area (Å²) in [5.41, 5.74) is 1.48. The van der Waals surface area contributed by atoms with Gasteiger partial charge in [0.15, 0.2) is 11.0 Å². The fourth-order valence-corrected chi connectivity index (χ4v) is 3.60. The van der Waals surface area contributed by atoms with E-state index in [4.69, 9.17) is 9.47 Å². The Morgan fingerprint density at radius 2 is 2.03 bits per heavy atom. The van der Waals surface area contributed by atoms with E-state index in [-0.39, 0.29) is 11.7 Å². The molecule has 158 valence electrons. The Morgan fingerprint density at radius 3 is 2.70 bits per heavy atom. The number of thioether (sulfide) groups is 1. The highest BCUT2D eigenvalue weighted by molar-refractivity contribution is 7.99. The quantitative estimate of drug-likeness (QED) is 0.520. The van der Waals surface area contributed by atoms with Gasteiger partial charge in [-0.25, -0.2) is 0 Å². The molecule has 2 heterocycles. The Hall–Kier alpha value is -3.07. The fourth-order valence-electron chi connectivity index (χ4n) is 2.85. The maximum Gasteiger partial charge on any atom is 0.234 e. The van der Waals surface area contributed by atoms with Crippen molar-refractivity contribution < 1.29 is 14.3 Å². The molecule has 8 nitrogen and oxygen atoms in total. The van der Waals surface area contributed by atoms with Gasteiger partial charge in [0, 0.05) is 30.6 Å². The molecule has 1 N–H and O–H groups in total. The molecule has 3 aromatic rings. The van der Waals surface area contributed by atoms with E-state index in [1.165, 1.54) is 11.8 Å². The van der Waals surface area contributed by atoms with Gasteiger partial charge in [-0.05, 0) is 30.2 Å². The molecule has 9 heteroatoms. The van der Waals surface area contributed by atoms with Gasteiger partial charge in [-0.1, -0.05) is 25.6 Å². The molecule has 0 bridgehead atoms. The summed E-state index contributed by atoms with van der Waals surface area (Å²) in [6.07, 6.45) is 3.48. The summed E-state index contributed by atoms with van der Waals surface area (Å²) < 4.78 is 12.6. The van der Waals surface area contributed by atoms with Gasteiger partial charge in [0.25, 0.3) is 0 Å². The van der Waals surface area contributed by atoms with Crippen LogP contribution in [0.5, 0.6) is 11.5 Å². The van der Waals surface area contributed by atoms with Gasteiger partial charge in [-0.15, -0.1) is 10.2 Å². The van der Waals surface area contributed by atoms with Crippen molar-refractivity contribution in [2.75, 3.05) is 25.3 Å². The molecule has 2 aromatic heterocycles. The van der Waals surface area contributed by atoms with Crippen molar-refractivity contribution >= 4 is 23.4 Å². The highest BCUT2D eigenvalue weighted by Gasteiger charge is 2.17. The summed E-state index contributed by atoms with van der Waals surface area (Å²) in [4.78, 5) is 16.7. The second kappa shape index (κ2) is 10.1. The summed E-state index contributed by atoms with van der Waals surface area (Å²) in [6.45, 7) is 5.00. The minimum absolute atomic E-state index is 0.162. The normalized spacial score (nSPS) is 10.8. The highest BCUT2D eigenvalue weighted by atomic mass is 32.2. The molecule has 0 unspecified atom stereocenters. The van der Waals surface area contributed by atoms with Gasteiger partial charge in [0.05, 0.1) is 25.7 Å². The predicted molar refractivity (Wildman–Crippen MR) is 117 cm³/mol. The molecule has 0 fully saturated rings. The van der Waals surface area contributed by atoms with Crippen LogP contribution in [0, 0.1) is 5.92 Å². The lowest BCUT2D eigenvalue weighted by atomic mass is 10.2. The van der Waals surface area contributed by atoms with E-state index in [9.17, 15) is 4.79 Å². The third-order valence-electron chi connectivity index (χ3n) is 4.20. The van der Waals surface area contributed by atoms with Crippen LogP contribution in [-0.4, -0.2) is 45.6 Å². The van der Waals surface area contributed by atoms with Crippen LogP contribution in [0.2, 0.25) is 0 Å². The largest absolute Gasteiger partial charge is 0.497 e. The van der Waals surface area contributed by atoms with Crippen LogP contribution in [0.3, 0.4) is 0 Å². The Morgan fingerprint density at radius 1 is 1.20 bits per heavy atom. The number of rotatable bonds is 9. The Bertz CT molecular complexity index is 992. The van der Waals surface area contributed by atoms with Crippen molar-refractivity contribution in [1.29, 1.82) is 0 Å². The Labute approximate surface area is 180 Å². The first kappa shape index (κ1) is 21.6. The van der Waals surface area contributed by atoms with E-state index in [0.717, 1.165) is 17.9 Å². The van der Waals surface area contributed by atoms with Crippen molar-refractivity contribution in [3.05, 3.63) is 42.7 Å². The fraction of sp³-hybridized carbons (Fsp3) is 0.333. The van der Waals surface area contributed by atoms with E-state index >= 15 is 0 Å². The number of nitrogens with one attached hydrogen (secondary N) is 1. The van der Waals surface area contributed by atoms with Gasteiger partial charge in [0.2, 0.25) is 5.91 Å². The number of pyridine rings is 1. The third-order valence-corrected chi connectivity index (χ3v) is 5.17. The zero-order chi connectivity index (χ0) is 21.5. The number of carbonyl (C=O) groups is 1. The van der Waals surface area contributed by atoms with E-state index in [1.54, 1.807) is 44.8 Å². The van der Waals surface area contributed by atoms with Crippen LogP contribution in [-0.2, 0) is 11.3 Å². The Balaban J connectivity index is 1.72. The van der Waals surface area contributed by atoms with Crippen LogP contribution in [0.1, 0.15) is 13.8 Å². The van der Waals surface area contributed by atoms with Crippen LogP contribution in [0.4, 0.5) is 5.69 Å².